The number of carbonyl (C=O) groups excluding carboxylic acids is 1. The normalized spacial score (nSPS) is 10.6. The quantitative estimate of drug-likeness (QED) is 0.135. The van der Waals surface area contributed by atoms with Gasteiger partial charge in [-0.25, -0.2) is 9.78 Å². The number of halogens is 1. The molecular formula is C29H25ClN6O2S. The van der Waals surface area contributed by atoms with Gasteiger partial charge in [0.15, 0.2) is 5.11 Å². The molecule has 5 aromatic rings. The van der Waals surface area contributed by atoms with Crippen LogP contribution in [0.4, 0.5) is 27.8 Å². The van der Waals surface area contributed by atoms with Crippen molar-refractivity contribution in [2.24, 2.45) is 0 Å². The standard InChI is InChI=1S/C29H25ClN6O2S/c1-17-5-3-8-24(18(17)2)35-28(37)36-27-33-25-14-13-23(16-26(25)34-27)38-22-11-9-20(10-12-22)31-29(39)32-21-7-4-6-19(30)15-21/h3-16H,1-2H3,(H2,31,32,39)(H3,33,34,35,36,37). The van der Waals surface area contributed by atoms with Gasteiger partial charge in [-0.2, -0.15) is 0 Å². The number of urea groups is 1. The third kappa shape index (κ3) is 6.64. The Kier molecular flexibility index (Phi) is 7.62. The molecule has 1 heterocycles. The Bertz CT molecular complexity index is 1670. The first kappa shape index (κ1) is 26.0. The average molecular weight is 557 g/mol. The summed E-state index contributed by atoms with van der Waals surface area (Å²) in [4.78, 5) is 20.1. The van der Waals surface area contributed by atoms with E-state index in [2.05, 4.69) is 31.2 Å². The summed E-state index contributed by atoms with van der Waals surface area (Å²) in [5.41, 5.74) is 5.90. The number of thiocarbonyl (C=S) groups is 1. The van der Waals surface area contributed by atoms with Crippen molar-refractivity contribution in [1.82, 2.24) is 9.97 Å². The number of hydrogen-bond donors (Lipinski definition) is 5. The molecule has 196 valence electrons. The summed E-state index contributed by atoms with van der Waals surface area (Å²) < 4.78 is 6.00. The number of fused-ring (bicyclic) bond motifs is 1. The van der Waals surface area contributed by atoms with Crippen LogP contribution in [0, 0.1) is 13.8 Å². The van der Waals surface area contributed by atoms with Crippen molar-refractivity contribution in [2.75, 3.05) is 21.3 Å². The summed E-state index contributed by atoms with van der Waals surface area (Å²) in [6, 6.07) is 25.6. The zero-order valence-electron chi connectivity index (χ0n) is 21.1. The predicted molar refractivity (Wildman–Crippen MR) is 162 cm³/mol. The maximum atomic E-state index is 12.5. The second-order valence-corrected chi connectivity index (χ2v) is 9.65. The van der Waals surface area contributed by atoms with Crippen molar-refractivity contribution in [1.29, 1.82) is 0 Å². The molecule has 4 aromatic carbocycles. The maximum Gasteiger partial charge on any atom is 0.326 e. The van der Waals surface area contributed by atoms with Crippen LogP contribution in [0.1, 0.15) is 11.1 Å². The minimum absolute atomic E-state index is 0.336. The fourth-order valence-electron chi connectivity index (χ4n) is 3.86. The van der Waals surface area contributed by atoms with Crippen LogP contribution in [-0.4, -0.2) is 21.1 Å². The molecule has 2 amide bonds. The molecule has 0 saturated carbocycles. The highest BCUT2D eigenvalue weighted by Gasteiger charge is 2.10. The van der Waals surface area contributed by atoms with Gasteiger partial charge in [0.25, 0.3) is 0 Å². The van der Waals surface area contributed by atoms with Crippen LogP contribution >= 0.6 is 23.8 Å². The van der Waals surface area contributed by atoms with Crippen LogP contribution in [0.25, 0.3) is 11.0 Å². The molecule has 5 rings (SSSR count). The highest BCUT2D eigenvalue weighted by atomic mass is 35.5. The number of amides is 2. The van der Waals surface area contributed by atoms with Gasteiger partial charge in [0.05, 0.1) is 11.0 Å². The zero-order chi connectivity index (χ0) is 27.4. The number of anilines is 4. The lowest BCUT2D eigenvalue weighted by Gasteiger charge is -2.11. The number of carbonyl (C=O) groups is 1. The minimum atomic E-state index is -0.379. The number of aromatic nitrogens is 2. The number of nitrogens with zero attached hydrogens (tertiary/aromatic N) is 1. The first-order chi connectivity index (χ1) is 18.8. The van der Waals surface area contributed by atoms with E-state index in [0.29, 0.717) is 33.1 Å². The largest absolute Gasteiger partial charge is 0.457 e. The molecule has 0 spiro atoms. The van der Waals surface area contributed by atoms with E-state index in [1.807, 2.05) is 80.6 Å². The van der Waals surface area contributed by atoms with Crippen molar-refractivity contribution in [2.45, 2.75) is 13.8 Å². The van der Waals surface area contributed by atoms with Gasteiger partial charge in [0.1, 0.15) is 11.5 Å². The molecule has 0 aliphatic heterocycles. The third-order valence-electron chi connectivity index (χ3n) is 5.97. The average Bonchev–Trinajstić information content (AvgIpc) is 3.29. The molecule has 1 aromatic heterocycles. The predicted octanol–water partition coefficient (Wildman–Crippen LogP) is 8.08. The Labute approximate surface area is 235 Å². The molecule has 10 heteroatoms. The van der Waals surface area contributed by atoms with Gasteiger partial charge in [-0.15, -0.1) is 0 Å². The molecule has 0 fully saturated rings. The van der Waals surface area contributed by atoms with Crippen molar-refractivity contribution >= 4 is 69.0 Å². The number of aromatic amines is 1. The second kappa shape index (κ2) is 11.4. The Morgan fingerprint density at radius 2 is 1.59 bits per heavy atom. The summed E-state index contributed by atoms with van der Waals surface area (Å²) in [5, 5.41) is 12.9. The molecule has 0 bridgehead atoms. The highest BCUT2D eigenvalue weighted by Crippen LogP contribution is 2.27. The molecule has 0 unspecified atom stereocenters. The lowest BCUT2D eigenvalue weighted by atomic mass is 10.1. The summed E-state index contributed by atoms with van der Waals surface area (Å²) in [5.74, 6) is 1.59. The summed E-state index contributed by atoms with van der Waals surface area (Å²) >= 11 is 11.4. The van der Waals surface area contributed by atoms with Gasteiger partial charge in [-0.1, -0.05) is 29.8 Å². The van der Waals surface area contributed by atoms with Crippen LogP contribution in [0.15, 0.2) is 84.9 Å². The molecule has 0 aliphatic rings. The van der Waals surface area contributed by atoms with Crippen LogP contribution in [0.3, 0.4) is 0 Å². The minimum Gasteiger partial charge on any atom is -0.457 e. The Morgan fingerprint density at radius 3 is 2.38 bits per heavy atom. The van der Waals surface area contributed by atoms with Crippen molar-refractivity contribution in [3.63, 3.8) is 0 Å². The van der Waals surface area contributed by atoms with E-state index in [9.17, 15) is 4.79 Å². The van der Waals surface area contributed by atoms with Gasteiger partial charge in [0.2, 0.25) is 5.95 Å². The monoisotopic (exact) mass is 556 g/mol. The van der Waals surface area contributed by atoms with Gasteiger partial charge >= 0.3 is 6.03 Å². The topological polar surface area (TPSA) is 103 Å². The molecule has 0 saturated heterocycles. The smallest absolute Gasteiger partial charge is 0.326 e. The number of rotatable bonds is 6. The van der Waals surface area contributed by atoms with E-state index < -0.39 is 0 Å². The maximum absolute atomic E-state index is 12.5. The first-order valence-corrected chi connectivity index (χ1v) is 12.9. The molecular weight excluding hydrogens is 532 g/mol. The fourth-order valence-corrected chi connectivity index (χ4v) is 4.28. The van der Waals surface area contributed by atoms with Crippen molar-refractivity contribution < 1.29 is 9.53 Å². The summed E-state index contributed by atoms with van der Waals surface area (Å²) in [7, 11) is 0. The number of nitrogens with one attached hydrogen (secondary N) is 5. The van der Waals surface area contributed by atoms with Gasteiger partial charge in [0, 0.05) is 28.2 Å². The van der Waals surface area contributed by atoms with E-state index >= 15 is 0 Å². The van der Waals surface area contributed by atoms with Gasteiger partial charge < -0.3 is 25.7 Å². The van der Waals surface area contributed by atoms with E-state index in [1.54, 1.807) is 18.2 Å². The number of H-pyrrole nitrogens is 1. The van der Waals surface area contributed by atoms with E-state index in [4.69, 9.17) is 28.6 Å². The summed E-state index contributed by atoms with van der Waals surface area (Å²) in [6.45, 7) is 3.96. The number of hydrogen-bond acceptors (Lipinski definition) is 4. The zero-order valence-corrected chi connectivity index (χ0v) is 22.7. The SMILES string of the molecule is Cc1cccc(NC(=O)Nc2nc3cc(Oc4ccc(NC(=S)Nc5cccc(Cl)c5)cc4)ccc3[nH]2)c1C. The lowest BCUT2D eigenvalue weighted by Crippen LogP contribution is -2.20. The molecule has 0 atom stereocenters. The molecule has 8 nitrogen and oxygen atoms in total. The number of benzene rings is 4. The second-order valence-electron chi connectivity index (χ2n) is 8.81. The number of imidazole rings is 1. The van der Waals surface area contributed by atoms with Crippen molar-refractivity contribution in [3.05, 3.63) is 101 Å². The van der Waals surface area contributed by atoms with Crippen LogP contribution in [0.5, 0.6) is 11.5 Å². The van der Waals surface area contributed by atoms with E-state index in [-0.39, 0.29) is 6.03 Å². The highest BCUT2D eigenvalue weighted by molar-refractivity contribution is 7.80. The molecule has 0 aliphatic carbocycles. The van der Waals surface area contributed by atoms with Crippen LogP contribution in [0.2, 0.25) is 5.02 Å². The Balaban J connectivity index is 1.19. The molecule has 5 N–H and O–H groups in total. The Hall–Kier alpha value is -4.60. The fraction of sp³-hybridized carbons (Fsp3) is 0.0690. The van der Waals surface area contributed by atoms with E-state index in [0.717, 1.165) is 33.7 Å². The lowest BCUT2D eigenvalue weighted by molar-refractivity contribution is 0.262. The van der Waals surface area contributed by atoms with Crippen LogP contribution < -0.4 is 26.0 Å². The van der Waals surface area contributed by atoms with E-state index in [1.165, 1.54) is 0 Å². The Morgan fingerprint density at radius 1 is 0.846 bits per heavy atom. The number of aryl methyl sites for hydroxylation is 1. The molecule has 0 radical (unpaired) electrons. The van der Waals surface area contributed by atoms with Crippen LogP contribution in [-0.2, 0) is 0 Å². The van der Waals surface area contributed by atoms with Crippen molar-refractivity contribution in [3.8, 4) is 11.5 Å². The third-order valence-corrected chi connectivity index (χ3v) is 6.41. The number of ether oxygens (including phenoxy) is 1. The molecule has 39 heavy (non-hydrogen) atoms. The van der Waals surface area contributed by atoms with Gasteiger partial charge in [-0.05, 0) is 97.9 Å². The first-order valence-electron chi connectivity index (χ1n) is 12.1. The van der Waals surface area contributed by atoms with Gasteiger partial charge in [-0.3, -0.25) is 5.32 Å². The summed E-state index contributed by atoms with van der Waals surface area (Å²) in [6.07, 6.45) is 0.